The Kier molecular flexibility index (Phi) is 10.2. The Balaban J connectivity index is 1.56. The molecule has 2 rings (SSSR count). The van der Waals surface area contributed by atoms with Crippen LogP contribution in [0.4, 0.5) is 0 Å². The molecule has 0 aromatic heterocycles. The molecule has 2 N–H and O–H groups in total. The number of unbranched alkanes of at least 4 members (excludes halogenated alkanes) is 1. The Bertz CT molecular complexity index is 571. The molecular formula is C20H31BrN4S. The highest BCUT2D eigenvalue weighted by molar-refractivity contribution is 9.10. The summed E-state index contributed by atoms with van der Waals surface area (Å²) in [5, 5.41) is 7.02. The first kappa shape index (κ1) is 21.3. The summed E-state index contributed by atoms with van der Waals surface area (Å²) in [5.74, 6) is 2.07. The summed E-state index contributed by atoms with van der Waals surface area (Å²) in [5.41, 5.74) is 0. The molecule has 0 aliphatic carbocycles. The summed E-state index contributed by atoms with van der Waals surface area (Å²) in [6.07, 6.45) is 6.66. The third kappa shape index (κ3) is 7.72. The standard InChI is InChI=1S/C20H31BrN4S/c1-3-13-25-14-10-17(11-15-25)24-20(22-2)23-12-6-7-16-26-19-9-5-4-8-18(19)21/h3-5,8-9,17H,1,6-7,10-16H2,2H3,(H2,22,23,24). The molecule has 1 aliphatic heterocycles. The van der Waals surface area contributed by atoms with Crippen LogP contribution in [-0.4, -0.2) is 55.9 Å². The van der Waals surface area contributed by atoms with Gasteiger partial charge in [-0.15, -0.1) is 18.3 Å². The number of nitrogens with zero attached hydrogens (tertiary/aromatic N) is 2. The molecule has 1 heterocycles. The molecule has 6 heteroatoms. The minimum atomic E-state index is 0.522. The number of likely N-dealkylation sites (tertiary alicyclic amines) is 1. The summed E-state index contributed by atoms with van der Waals surface area (Å²) < 4.78 is 1.19. The van der Waals surface area contributed by atoms with E-state index >= 15 is 0 Å². The van der Waals surface area contributed by atoms with Crippen molar-refractivity contribution in [2.24, 2.45) is 4.99 Å². The van der Waals surface area contributed by atoms with Crippen LogP contribution < -0.4 is 10.6 Å². The lowest BCUT2D eigenvalue weighted by Crippen LogP contribution is -2.48. The number of hydrogen-bond acceptors (Lipinski definition) is 3. The zero-order valence-corrected chi connectivity index (χ0v) is 18.1. The predicted octanol–water partition coefficient (Wildman–Crippen LogP) is 4.14. The van der Waals surface area contributed by atoms with Crippen LogP contribution in [0.15, 0.2) is 51.3 Å². The van der Waals surface area contributed by atoms with Crippen LogP contribution in [0.1, 0.15) is 25.7 Å². The smallest absolute Gasteiger partial charge is 0.191 e. The molecular weight excluding hydrogens is 408 g/mol. The monoisotopic (exact) mass is 438 g/mol. The third-order valence-corrected chi connectivity index (χ3v) is 6.61. The first-order valence-electron chi connectivity index (χ1n) is 9.40. The molecule has 1 aromatic rings. The third-order valence-electron chi connectivity index (χ3n) is 4.50. The molecule has 1 fully saturated rings. The Morgan fingerprint density at radius 1 is 1.35 bits per heavy atom. The van der Waals surface area contributed by atoms with Crippen LogP contribution in [0.5, 0.6) is 0 Å². The molecule has 26 heavy (non-hydrogen) atoms. The van der Waals surface area contributed by atoms with E-state index < -0.39 is 0 Å². The number of nitrogens with one attached hydrogen (secondary N) is 2. The highest BCUT2D eigenvalue weighted by Crippen LogP contribution is 2.27. The van der Waals surface area contributed by atoms with Gasteiger partial charge in [0.05, 0.1) is 0 Å². The maximum absolute atomic E-state index is 4.37. The number of benzene rings is 1. The van der Waals surface area contributed by atoms with Crippen LogP contribution >= 0.6 is 27.7 Å². The Morgan fingerprint density at radius 2 is 2.12 bits per heavy atom. The van der Waals surface area contributed by atoms with E-state index in [1.54, 1.807) is 0 Å². The number of aliphatic imine (C=N–C) groups is 1. The van der Waals surface area contributed by atoms with E-state index in [-0.39, 0.29) is 0 Å². The fraction of sp³-hybridized carbons (Fsp3) is 0.550. The fourth-order valence-corrected chi connectivity index (χ4v) is 4.59. The molecule has 1 saturated heterocycles. The van der Waals surface area contributed by atoms with Crippen molar-refractivity contribution in [1.29, 1.82) is 0 Å². The Morgan fingerprint density at radius 3 is 2.81 bits per heavy atom. The van der Waals surface area contributed by atoms with Gasteiger partial charge < -0.3 is 10.6 Å². The Hall–Kier alpha value is -0.980. The summed E-state index contributed by atoms with van der Waals surface area (Å²) in [6.45, 7) is 8.05. The molecule has 0 radical (unpaired) electrons. The minimum Gasteiger partial charge on any atom is -0.356 e. The first-order valence-corrected chi connectivity index (χ1v) is 11.2. The molecule has 4 nitrogen and oxygen atoms in total. The molecule has 1 aliphatic rings. The number of rotatable bonds is 9. The quantitative estimate of drug-likeness (QED) is 0.200. The van der Waals surface area contributed by atoms with Gasteiger partial charge in [0.25, 0.3) is 0 Å². The average molecular weight is 439 g/mol. The second kappa shape index (κ2) is 12.4. The molecule has 0 saturated carbocycles. The van der Waals surface area contributed by atoms with Crippen molar-refractivity contribution in [2.75, 3.05) is 39.0 Å². The van der Waals surface area contributed by atoms with E-state index in [0.717, 1.165) is 57.2 Å². The van der Waals surface area contributed by atoms with Crippen molar-refractivity contribution in [3.8, 4) is 0 Å². The number of thioether (sulfide) groups is 1. The summed E-state index contributed by atoms with van der Waals surface area (Å²) in [6, 6.07) is 8.93. The fourth-order valence-electron chi connectivity index (χ4n) is 3.01. The molecule has 1 aromatic carbocycles. The molecule has 0 spiro atoms. The van der Waals surface area contributed by atoms with Gasteiger partial charge in [-0.1, -0.05) is 18.2 Å². The van der Waals surface area contributed by atoms with Crippen LogP contribution in [0.25, 0.3) is 0 Å². The lowest BCUT2D eigenvalue weighted by Gasteiger charge is -2.32. The lowest BCUT2D eigenvalue weighted by molar-refractivity contribution is 0.225. The highest BCUT2D eigenvalue weighted by Gasteiger charge is 2.18. The van der Waals surface area contributed by atoms with Crippen LogP contribution in [0.3, 0.4) is 0 Å². The summed E-state index contributed by atoms with van der Waals surface area (Å²) in [7, 11) is 1.85. The largest absolute Gasteiger partial charge is 0.356 e. The number of hydrogen-bond donors (Lipinski definition) is 2. The number of guanidine groups is 1. The zero-order valence-electron chi connectivity index (χ0n) is 15.7. The minimum absolute atomic E-state index is 0.522. The zero-order chi connectivity index (χ0) is 18.6. The molecule has 0 unspecified atom stereocenters. The molecule has 0 amide bonds. The van der Waals surface area contributed by atoms with E-state index in [9.17, 15) is 0 Å². The second-order valence-electron chi connectivity index (χ2n) is 6.49. The van der Waals surface area contributed by atoms with Gasteiger partial charge in [-0.25, -0.2) is 0 Å². The average Bonchev–Trinajstić information content (AvgIpc) is 2.66. The predicted molar refractivity (Wildman–Crippen MR) is 118 cm³/mol. The molecule has 0 atom stereocenters. The number of piperidine rings is 1. The van der Waals surface area contributed by atoms with Crippen LogP contribution in [-0.2, 0) is 0 Å². The van der Waals surface area contributed by atoms with Crippen molar-refractivity contribution in [3.63, 3.8) is 0 Å². The van der Waals surface area contributed by atoms with Crippen molar-refractivity contribution in [2.45, 2.75) is 36.6 Å². The van der Waals surface area contributed by atoms with Crippen molar-refractivity contribution < 1.29 is 0 Å². The van der Waals surface area contributed by atoms with Gasteiger partial charge >= 0.3 is 0 Å². The van der Waals surface area contributed by atoms with E-state index in [4.69, 9.17) is 0 Å². The van der Waals surface area contributed by atoms with E-state index in [1.165, 1.54) is 15.8 Å². The van der Waals surface area contributed by atoms with Crippen LogP contribution in [0.2, 0.25) is 0 Å². The van der Waals surface area contributed by atoms with Gasteiger partial charge in [-0.2, -0.15) is 0 Å². The van der Waals surface area contributed by atoms with Crippen molar-refractivity contribution >= 4 is 33.7 Å². The van der Waals surface area contributed by atoms with E-state index in [0.29, 0.717) is 6.04 Å². The normalized spacial score (nSPS) is 16.5. The summed E-state index contributed by atoms with van der Waals surface area (Å²) in [4.78, 5) is 8.14. The second-order valence-corrected chi connectivity index (χ2v) is 8.48. The van der Waals surface area contributed by atoms with Crippen molar-refractivity contribution in [1.82, 2.24) is 15.5 Å². The van der Waals surface area contributed by atoms with Gasteiger partial charge in [-0.05, 0) is 59.5 Å². The molecule has 144 valence electrons. The molecule has 0 bridgehead atoms. The van der Waals surface area contributed by atoms with Gasteiger partial charge in [0, 0.05) is 48.6 Å². The van der Waals surface area contributed by atoms with E-state index in [1.807, 2.05) is 24.9 Å². The van der Waals surface area contributed by atoms with E-state index in [2.05, 4.69) is 67.3 Å². The van der Waals surface area contributed by atoms with Crippen molar-refractivity contribution in [3.05, 3.63) is 41.4 Å². The summed E-state index contributed by atoms with van der Waals surface area (Å²) >= 11 is 5.51. The first-order chi connectivity index (χ1) is 12.7. The topological polar surface area (TPSA) is 39.7 Å². The van der Waals surface area contributed by atoms with Gasteiger partial charge in [-0.3, -0.25) is 9.89 Å². The lowest BCUT2D eigenvalue weighted by atomic mass is 10.1. The maximum atomic E-state index is 4.37. The number of halogens is 1. The van der Waals surface area contributed by atoms with Crippen LogP contribution in [0, 0.1) is 0 Å². The van der Waals surface area contributed by atoms with Gasteiger partial charge in [0.15, 0.2) is 5.96 Å². The van der Waals surface area contributed by atoms with Gasteiger partial charge in [0.1, 0.15) is 0 Å². The highest BCUT2D eigenvalue weighted by atomic mass is 79.9. The van der Waals surface area contributed by atoms with Gasteiger partial charge in [0.2, 0.25) is 0 Å². The maximum Gasteiger partial charge on any atom is 0.191 e. The Labute approximate surface area is 171 Å². The SMILES string of the molecule is C=CCN1CCC(NC(=NC)NCCCCSc2ccccc2Br)CC1.